The van der Waals surface area contributed by atoms with Gasteiger partial charge in [0.25, 0.3) is 5.91 Å². The lowest BCUT2D eigenvalue weighted by atomic mass is 10.4. The highest BCUT2D eigenvalue weighted by Crippen LogP contribution is 2.14. The number of nitrogens with one attached hydrogen (secondary N) is 1. The molecule has 0 spiro atoms. The number of anilines is 1. The molecule has 0 aliphatic carbocycles. The van der Waals surface area contributed by atoms with Crippen LogP contribution in [0.1, 0.15) is 16.2 Å². The number of carbonyl (C=O) groups is 1. The van der Waals surface area contributed by atoms with Crippen molar-refractivity contribution in [2.75, 3.05) is 5.32 Å². The Balaban J connectivity index is 2.10. The van der Waals surface area contributed by atoms with Crippen LogP contribution in [0.25, 0.3) is 0 Å². The maximum Gasteiger partial charge on any atom is 0.279 e. The molecule has 2 heterocycles. The van der Waals surface area contributed by atoms with Crippen LogP contribution in [0.4, 0.5) is 5.13 Å². The Morgan fingerprint density at radius 2 is 2.40 bits per heavy atom. The molecule has 2 aromatic rings. The maximum absolute atomic E-state index is 11.6. The van der Waals surface area contributed by atoms with Crippen LogP contribution >= 0.6 is 11.3 Å². The molecule has 0 saturated heterocycles. The zero-order valence-electron chi connectivity index (χ0n) is 8.26. The summed E-state index contributed by atoms with van der Waals surface area (Å²) in [6.07, 6.45) is 1.55. The fourth-order valence-electron chi connectivity index (χ4n) is 1.02. The van der Waals surface area contributed by atoms with Crippen molar-refractivity contribution in [3.05, 3.63) is 23.0 Å². The molecule has 2 rings (SSSR count). The third-order valence-corrected chi connectivity index (χ3v) is 2.55. The number of amides is 1. The second kappa shape index (κ2) is 3.77. The molecule has 0 aliphatic heterocycles. The highest BCUT2D eigenvalue weighted by molar-refractivity contribution is 7.13. The Kier molecular flexibility index (Phi) is 2.46. The molecule has 0 unspecified atom stereocenters. The van der Waals surface area contributed by atoms with E-state index in [0.29, 0.717) is 5.13 Å². The van der Waals surface area contributed by atoms with Crippen molar-refractivity contribution in [1.82, 2.24) is 20.0 Å². The number of rotatable bonds is 2. The first kappa shape index (κ1) is 9.78. The summed E-state index contributed by atoms with van der Waals surface area (Å²) >= 11 is 1.38. The van der Waals surface area contributed by atoms with Gasteiger partial charge in [-0.25, -0.2) is 4.98 Å². The van der Waals surface area contributed by atoms with Crippen LogP contribution in [-0.2, 0) is 7.05 Å². The summed E-state index contributed by atoms with van der Waals surface area (Å²) in [5.41, 5.74) is 1.17. The molecule has 1 amide bonds. The first-order chi connectivity index (χ1) is 7.15. The molecule has 0 atom stereocenters. The molecule has 0 fully saturated rings. The van der Waals surface area contributed by atoms with Crippen LogP contribution in [0.2, 0.25) is 0 Å². The molecule has 6 nitrogen and oxygen atoms in total. The van der Waals surface area contributed by atoms with Crippen molar-refractivity contribution < 1.29 is 4.79 Å². The summed E-state index contributed by atoms with van der Waals surface area (Å²) in [7, 11) is 1.71. The largest absolute Gasteiger partial charge is 0.296 e. The predicted molar refractivity (Wildman–Crippen MR) is 55.8 cm³/mol. The minimum Gasteiger partial charge on any atom is -0.296 e. The molecule has 15 heavy (non-hydrogen) atoms. The summed E-state index contributed by atoms with van der Waals surface area (Å²) in [6.45, 7) is 1.87. The Morgan fingerprint density at radius 1 is 1.60 bits per heavy atom. The van der Waals surface area contributed by atoms with Crippen molar-refractivity contribution in [1.29, 1.82) is 0 Å². The molecule has 78 valence electrons. The van der Waals surface area contributed by atoms with Gasteiger partial charge in [-0.1, -0.05) is 5.21 Å². The van der Waals surface area contributed by atoms with Crippen LogP contribution in [0, 0.1) is 6.92 Å². The van der Waals surface area contributed by atoms with Gasteiger partial charge in [-0.3, -0.25) is 14.8 Å². The number of carbonyl (C=O) groups excluding carboxylic acids is 1. The van der Waals surface area contributed by atoms with E-state index in [-0.39, 0.29) is 11.6 Å². The van der Waals surface area contributed by atoms with Crippen molar-refractivity contribution >= 4 is 22.4 Å². The lowest BCUT2D eigenvalue weighted by molar-refractivity contribution is 0.102. The Morgan fingerprint density at radius 3 is 2.93 bits per heavy atom. The van der Waals surface area contributed by atoms with Crippen LogP contribution in [-0.4, -0.2) is 25.9 Å². The summed E-state index contributed by atoms with van der Waals surface area (Å²) < 4.78 is 1.47. The van der Waals surface area contributed by atoms with E-state index in [0.717, 1.165) is 5.69 Å². The zero-order valence-corrected chi connectivity index (χ0v) is 9.08. The van der Waals surface area contributed by atoms with Crippen LogP contribution in [0.15, 0.2) is 11.6 Å². The first-order valence-corrected chi connectivity index (χ1v) is 5.13. The average molecular weight is 223 g/mol. The Bertz CT molecular complexity index is 489. The second-order valence-corrected chi connectivity index (χ2v) is 3.88. The standard InChI is InChI=1S/C8H9N5OS/c1-5-4-15-8(9-5)10-7(14)6-3-13(2)12-11-6/h3-4H,1-2H3,(H,9,10,14). The van der Waals surface area contributed by atoms with E-state index < -0.39 is 0 Å². The molecular weight excluding hydrogens is 214 g/mol. The monoisotopic (exact) mass is 223 g/mol. The Labute approximate surface area is 90.0 Å². The van der Waals surface area contributed by atoms with E-state index in [1.165, 1.54) is 16.0 Å². The van der Waals surface area contributed by atoms with Crippen molar-refractivity contribution in [3.63, 3.8) is 0 Å². The number of thiazole rings is 1. The minimum atomic E-state index is -0.294. The smallest absolute Gasteiger partial charge is 0.279 e. The summed E-state index contributed by atoms with van der Waals surface area (Å²) in [6, 6.07) is 0. The summed E-state index contributed by atoms with van der Waals surface area (Å²) in [5.74, 6) is -0.294. The number of hydrogen-bond donors (Lipinski definition) is 1. The fourth-order valence-corrected chi connectivity index (χ4v) is 1.71. The van der Waals surface area contributed by atoms with E-state index in [4.69, 9.17) is 0 Å². The van der Waals surface area contributed by atoms with E-state index in [2.05, 4.69) is 20.6 Å². The van der Waals surface area contributed by atoms with Gasteiger partial charge in [-0.05, 0) is 6.92 Å². The van der Waals surface area contributed by atoms with Gasteiger partial charge in [-0.15, -0.1) is 16.4 Å². The summed E-state index contributed by atoms with van der Waals surface area (Å²) in [4.78, 5) is 15.7. The third kappa shape index (κ3) is 2.18. The third-order valence-electron chi connectivity index (χ3n) is 1.67. The van der Waals surface area contributed by atoms with Crippen LogP contribution in [0.5, 0.6) is 0 Å². The number of aryl methyl sites for hydroxylation is 2. The lowest BCUT2D eigenvalue weighted by Gasteiger charge is -1.95. The number of nitrogens with zero attached hydrogens (tertiary/aromatic N) is 4. The van der Waals surface area contributed by atoms with Gasteiger partial charge in [0.05, 0.1) is 11.9 Å². The quantitative estimate of drug-likeness (QED) is 0.818. The molecule has 0 radical (unpaired) electrons. The van der Waals surface area contributed by atoms with E-state index in [1.807, 2.05) is 12.3 Å². The minimum absolute atomic E-state index is 0.283. The van der Waals surface area contributed by atoms with Gasteiger partial charge >= 0.3 is 0 Å². The zero-order chi connectivity index (χ0) is 10.8. The molecule has 0 bridgehead atoms. The van der Waals surface area contributed by atoms with Gasteiger partial charge < -0.3 is 0 Å². The number of hydrogen-bond acceptors (Lipinski definition) is 5. The molecule has 0 aliphatic rings. The normalized spacial score (nSPS) is 10.3. The van der Waals surface area contributed by atoms with Crippen LogP contribution < -0.4 is 5.32 Å². The van der Waals surface area contributed by atoms with Gasteiger partial charge in [0.2, 0.25) is 0 Å². The van der Waals surface area contributed by atoms with Crippen LogP contribution in [0.3, 0.4) is 0 Å². The first-order valence-electron chi connectivity index (χ1n) is 4.25. The maximum atomic E-state index is 11.6. The highest BCUT2D eigenvalue weighted by atomic mass is 32.1. The lowest BCUT2D eigenvalue weighted by Crippen LogP contribution is -2.12. The SMILES string of the molecule is Cc1csc(NC(=O)c2cn(C)nn2)n1. The van der Waals surface area contributed by atoms with Gasteiger partial charge in [-0.2, -0.15) is 0 Å². The topological polar surface area (TPSA) is 72.7 Å². The highest BCUT2D eigenvalue weighted by Gasteiger charge is 2.11. The molecule has 0 aromatic carbocycles. The van der Waals surface area contributed by atoms with E-state index >= 15 is 0 Å². The van der Waals surface area contributed by atoms with E-state index in [9.17, 15) is 4.79 Å². The van der Waals surface area contributed by atoms with Crippen molar-refractivity contribution in [3.8, 4) is 0 Å². The second-order valence-electron chi connectivity index (χ2n) is 3.03. The molecule has 1 N–H and O–H groups in total. The average Bonchev–Trinajstić information content (AvgIpc) is 2.75. The molecular formula is C8H9N5OS. The number of aromatic nitrogens is 4. The van der Waals surface area contributed by atoms with Gasteiger partial charge in [0.1, 0.15) is 0 Å². The predicted octanol–water partition coefficient (Wildman–Crippen LogP) is 0.832. The molecule has 7 heteroatoms. The van der Waals surface area contributed by atoms with E-state index in [1.54, 1.807) is 13.2 Å². The van der Waals surface area contributed by atoms with Crippen molar-refractivity contribution in [2.45, 2.75) is 6.92 Å². The molecule has 0 saturated carbocycles. The summed E-state index contributed by atoms with van der Waals surface area (Å²) in [5, 5.41) is 12.5. The van der Waals surface area contributed by atoms with Gasteiger partial charge in [0.15, 0.2) is 10.8 Å². The van der Waals surface area contributed by atoms with Gasteiger partial charge in [0, 0.05) is 12.4 Å². The fraction of sp³-hybridized carbons (Fsp3) is 0.250. The molecule has 2 aromatic heterocycles. The van der Waals surface area contributed by atoms with Crippen molar-refractivity contribution in [2.24, 2.45) is 7.05 Å². The Hall–Kier alpha value is -1.76.